The number of carbonyl (C=O) groups excluding carboxylic acids is 1. The van der Waals surface area contributed by atoms with E-state index in [4.69, 9.17) is 9.47 Å². The molecule has 124 valence electrons. The molecule has 4 rings (SSSR count). The maximum Gasteiger partial charge on any atom is 0.225 e. The number of hydrogen-bond acceptors (Lipinski definition) is 3. The van der Waals surface area contributed by atoms with Crippen molar-refractivity contribution < 1.29 is 14.3 Å². The lowest BCUT2D eigenvalue weighted by atomic mass is 9.87. The Morgan fingerprint density at radius 2 is 1.73 bits per heavy atom. The molecule has 0 aromatic carbocycles. The Kier molecular flexibility index (Phi) is 3.53. The van der Waals surface area contributed by atoms with Crippen molar-refractivity contribution in [2.24, 2.45) is 23.2 Å². The zero-order valence-corrected chi connectivity index (χ0v) is 14.0. The molecule has 0 unspecified atom stereocenters. The molecule has 22 heavy (non-hydrogen) atoms. The van der Waals surface area contributed by atoms with Crippen molar-refractivity contribution in [3.63, 3.8) is 0 Å². The molecule has 0 aromatic heterocycles. The highest BCUT2D eigenvalue weighted by Gasteiger charge is 2.47. The Hall–Kier alpha value is -0.610. The summed E-state index contributed by atoms with van der Waals surface area (Å²) in [4.78, 5) is 14.9. The average molecular weight is 307 g/mol. The molecule has 4 aliphatic rings. The molecule has 1 amide bonds. The number of carbonyl (C=O) groups is 1. The first kappa shape index (κ1) is 14.9. The van der Waals surface area contributed by atoms with Gasteiger partial charge in [-0.1, -0.05) is 20.3 Å². The van der Waals surface area contributed by atoms with Crippen LogP contribution in [0.15, 0.2) is 0 Å². The van der Waals surface area contributed by atoms with Crippen LogP contribution in [0.5, 0.6) is 0 Å². The number of likely N-dealkylation sites (tertiary alicyclic amines) is 1. The second kappa shape index (κ2) is 5.20. The van der Waals surface area contributed by atoms with E-state index in [0.29, 0.717) is 17.7 Å². The van der Waals surface area contributed by atoms with Crippen molar-refractivity contribution in [2.45, 2.75) is 58.2 Å². The summed E-state index contributed by atoms with van der Waals surface area (Å²) in [5.74, 6) is 1.83. The smallest absolute Gasteiger partial charge is 0.225 e. The third-order valence-electron chi connectivity index (χ3n) is 6.34. The molecule has 0 radical (unpaired) electrons. The fourth-order valence-corrected chi connectivity index (χ4v) is 4.88. The molecule has 4 heteroatoms. The zero-order valence-electron chi connectivity index (χ0n) is 14.0. The van der Waals surface area contributed by atoms with Gasteiger partial charge in [-0.05, 0) is 31.1 Å². The highest BCUT2D eigenvalue weighted by molar-refractivity contribution is 5.79. The van der Waals surface area contributed by atoms with Gasteiger partial charge in [-0.3, -0.25) is 4.79 Å². The van der Waals surface area contributed by atoms with E-state index in [9.17, 15) is 4.79 Å². The third-order valence-corrected chi connectivity index (χ3v) is 6.34. The van der Waals surface area contributed by atoms with E-state index >= 15 is 0 Å². The summed E-state index contributed by atoms with van der Waals surface area (Å²) in [5, 5.41) is 0. The van der Waals surface area contributed by atoms with Gasteiger partial charge in [-0.15, -0.1) is 0 Å². The summed E-state index contributed by atoms with van der Waals surface area (Å²) >= 11 is 0. The Morgan fingerprint density at radius 1 is 1.05 bits per heavy atom. The van der Waals surface area contributed by atoms with Gasteiger partial charge in [0.1, 0.15) is 0 Å². The number of ether oxygens (including phenoxy) is 2. The summed E-state index contributed by atoms with van der Waals surface area (Å²) in [6.07, 6.45) is 6.74. The van der Waals surface area contributed by atoms with Crippen LogP contribution in [0.4, 0.5) is 0 Å². The maximum absolute atomic E-state index is 12.8. The molecule has 2 aliphatic carbocycles. The monoisotopic (exact) mass is 307 g/mol. The van der Waals surface area contributed by atoms with E-state index in [2.05, 4.69) is 18.7 Å². The molecule has 4 nitrogen and oxygen atoms in total. The van der Waals surface area contributed by atoms with E-state index in [1.165, 1.54) is 19.3 Å². The van der Waals surface area contributed by atoms with Gasteiger partial charge >= 0.3 is 0 Å². The van der Waals surface area contributed by atoms with E-state index in [-0.39, 0.29) is 5.41 Å². The molecule has 1 spiro atoms. The second-order valence-corrected chi connectivity index (χ2v) is 8.76. The van der Waals surface area contributed by atoms with Gasteiger partial charge in [0.05, 0.1) is 13.2 Å². The first-order valence-corrected chi connectivity index (χ1v) is 9.03. The fourth-order valence-electron chi connectivity index (χ4n) is 4.88. The van der Waals surface area contributed by atoms with Crippen LogP contribution in [-0.2, 0) is 14.3 Å². The molecule has 2 heterocycles. The predicted octanol–water partition coefficient (Wildman–Crippen LogP) is 2.81. The molecule has 2 bridgehead atoms. The van der Waals surface area contributed by atoms with Gasteiger partial charge in [0.15, 0.2) is 5.79 Å². The maximum atomic E-state index is 12.8. The summed E-state index contributed by atoms with van der Waals surface area (Å²) in [5.41, 5.74) is 0.112. The number of hydrogen-bond donors (Lipinski definition) is 0. The largest absolute Gasteiger partial charge is 0.349 e. The summed E-state index contributed by atoms with van der Waals surface area (Å²) in [6, 6.07) is 0. The van der Waals surface area contributed by atoms with Crippen LogP contribution in [-0.4, -0.2) is 42.9 Å². The van der Waals surface area contributed by atoms with Gasteiger partial charge in [0.2, 0.25) is 5.91 Å². The van der Waals surface area contributed by atoms with E-state index < -0.39 is 5.79 Å². The van der Waals surface area contributed by atoms with Crippen molar-refractivity contribution in [1.82, 2.24) is 4.90 Å². The Labute approximate surface area is 133 Å². The molecular formula is C18H29NO3. The lowest BCUT2D eigenvalue weighted by molar-refractivity contribution is -0.312. The minimum Gasteiger partial charge on any atom is -0.349 e. The highest BCUT2D eigenvalue weighted by Crippen LogP contribution is 2.49. The summed E-state index contributed by atoms with van der Waals surface area (Å²) in [7, 11) is 0. The lowest BCUT2D eigenvalue weighted by Gasteiger charge is -2.47. The van der Waals surface area contributed by atoms with Crippen LogP contribution in [0.3, 0.4) is 0 Å². The quantitative estimate of drug-likeness (QED) is 0.748. The van der Waals surface area contributed by atoms with Crippen LogP contribution in [0.2, 0.25) is 0 Å². The minimum absolute atomic E-state index is 0.112. The molecule has 0 N–H and O–H groups in total. The lowest BCUT2D eigenvalue weighted by Crippen LogP contribution is -2.55. The molecular weight excluding hydrogens is 278 g/mol. The van der Waals surface area contributed by atoms with Crippen LogP contribution in [0, 0.1) is 23.2 Å². The molecule has 2 saturated heterocycles. The van der Waals surface area contributed by atoms with Gasteiger partial charge in [-0.25, -0.2) is 0 Å². The SMILES string of the molecule is CC1(C)COC2(CCN(C(=O)[C@H]3C[C@H]4CC[C@@H]3C4)CC2)OC1. The van der Waals surface area contributed by atoms with Crippen molar-refractivity contribution in [3.8, 4) is 0 Å². The normalized spacial score (nSPS) is 39.4. The highest BCUT2D eigenvalue weighted by atomic mass is 16.7. The Morgan fingerprint density at radius 3 is 2.27 bits per heavy atom. The number of fused-ring (bicyclic) bond motifs is 2. The van der Waals surface area contributed by atoms with Crippen molar-refractivity contribution in [3.05, 3.63) is 0 Å². The predicted molar refractivity (Wildman–Crippen MR) is 83.2 cm³/mol. The molecule has 2 aliphatic heterocycles. The van der Waals surface area contributed by atoms with Gasteiger partial charge in [0.25, 0.3) is 0 Å². The van der Waals surface area contributed by atoms with Crippen molar-refractivity contribution >= 4 is 5.91 Å². The van der Waals surface area contributed by atoms with Gasteiger partial charge < -0.3 is 14.4 Å². The molecule has 2 saturated carbocycles. The average Bonchev–Trinajstić information content (AvgIpc) is 3.14. The van der Waals surface area contributed by atoms with Crippen molar-refractivity contribution in [1.29, 1.82) is 0 Å². The standard InChI is InChI=1S/C18H29NO3/c1-17(2)11-21-18(22-12-17)5-7-19(8-6-18)16(20)15-10-13-3-4-14(15)9-13/h13-15H,3-12H2,1-2H3/t13-,14+,15-/m0/s1. The first-order chi connectivity index (χ1) is 10.5. The Balaban J connectivity index is 1.33. The Bertz CT molecular complexity index is 441. The van der Waals surface area contributed by atoms with Crippen LogP contribution < -0.4 is 0 Å². The fraction of sp³-hybridized carbons (Fsp3) is 0.944. The van der Waals surface area contributed by atoms with Crippen LogP contribution in [0.1, 0.15) is 52.4 Å². The molecule has 0 aromatic rings. The number of rotatable bonds is 1. The summed E-state index contributed by atoms with van der Waals surface area (Å²) < 4.78 is 12.1. The second-order valence-electron chi connectivity index (χ2n) is 8.76. The van der Waals surface area contributed by atoms with E-state index in [1.54, 1.807) is 0 Å². The number of amides is 1. The van der Waals surface area contributed by atoms with Crippen molar-refractivity contribution in [2.75, 3.05) is 26.3 Å². The molecule has 4 fully saturated rings. The number of nitrogens with zero attached hydrogens (tertiary/aromatic N) is 1. The van der Waals surface area contributed by atoms with Crippen LogP contribution >= 0.6 is 0 Å². The van der Waals surface area contributed by atoms with Gasteiger partial charge in [0, 0.05) is 37.3 Å². The van der Waals surface area contributed by atoms with Crippen LogP contribution in [0.25, 0.3) is 0 Å². The van der Waals surface area contributed by atoms with Gasteiger partial charge in [-0.2, -0.15) is 0 Å². The first-order valence-electron chi connectivity index (χ1n) is 9.03. The van der Waals surface area contributed by atoms with E-state index in [0.717, 1.165) is 51.5 Å². The molecule has 3 atom stereocenters. The van der Waals surface area contributed by atoms with E-state index in [1.807, 2.05) is 0 Å². The summed E-state index contributed by atoms with van der Waals surface area (Å²) in [6.45, 7) is 7.46. The number of piperidine rings is 1. The zero-order chi connectivity index (χ0) is 15.4. The third kappa shape index (κ3) is 2.58. The minimum atomic E-state index is -0.416. The topological polar surface area (TPSA) is 38.8 Å².